The summed E-state index contributed by atoms with van der Waals surface area (Å²) in [5.41, 5.74) is 0.697. The van der Waals surface area contributed by atoms with Crippen molar-refractivity contribution in [3.05, 3.63) is 28.5 Å². The van der Waals surface area contributed by atoms with Gasteiger partial charge in [-0.2, -0.15) is 0 Å². The SMILES string of the molecule is Cc1cc(Cl)c(C(=O)NC2(CO)CC2)cn1. The molecular weight excluding hydrogens is 228 g/mol. The Morgan fingerprint density at radius 2 is 2.38 bits per heavy atom. The van der Waals surface area contributed by atoms with Crippen LogP contribution >= 0.6 is 11.6 Å². The van der Waals surface area contributed by atoms with Crippen molar-refractivity contribution in [2.75, 3.05) is 6.61 Å². The highest BCUT2D eigenvalue weighted by Gasteiger charge is 2.43. The maximum atomic E-state index is 11.8. The molecule has 1 aliphatic rings. The first-order valence-electron chi connectivity index (χ1n) is 5.12. The van der Waals surface area contributed by atoms with Crippen molar-refractivity contribution in [1.29, 1.82) is 0 Å². The molecule has 2 N–H and O–H groups in total. The van der Waals surface area contributed by atoms with Crippen LogP contribution < -0.4 is 5.32 Å². The van der Waals surface area contributed by atoms with E-state index in [1.165, 1.54) is 6.20 Å². The molecule has 0 saturated heterocycles. The molecule has 4 nitrogen and oxygen atoms in total. The zero-order valence-electron chi connectivity index (χ0n) is 8.96. The number of carbonyl (C=O) groups excluding carboxylic acids is 1. The van der Waals surface area contributed by atoms with Crippen molar-refractivity contribution in [3.63, 3.8) is 0 Å². The van der Waals surface area contributed by atoms with Crippen molar-refractivity contribution in [2.45, 2.75) is 25.3 Å². The third-order valence-electron chi connectivity index (χ3n) is 2.77. The molecule has 0 aliphatic heterocycles. The van der Waals surface area contributed by atoms with Gasteiger partial charge in [0.1, 0.15) is 0 Å². The lowest BCUT2D eigenvalue weighted by Crippen LogP contribution is -2.39. The van der Waals surface area contributed by atoms with Crippen molar-refractivity contribution >= 4 is 17.5 Å². The average molecular weight is 241 g/mol. The van der Waals surface area contributed by atoms with Crippen LogP contribution in [0.4, 0.5) is 0 Å². The Hall–Kier alpha value is -1.13. The van der Waals surface area contributed by atoms with Crippen LogP contribution in [0.3, 0.4) is 0 Å². The second-order valence-electron chi connectivity index (χ2n) is 4.20. The quantitative estimate of drug-likeness (QED) is 0.837. The number of nitrogens with zero attached hydrogens (tertiary/aromatic N) is 1. The Morgan fingerprint density at radius 1 is 1.69 bits per heavy atom. The highest BCUT2D eigenvalue weighted by Crippen LogP contribution is 2.35. The summed E-state index contributed by atoms with van der Waals surface area (Å²) in [6.07, 6.45) is 3.08. The van der Waals surface area contributed by atoms with E-state index < -0.39 is 5.54 Å². The molecule has 1 saturated carbocycles. The summed E-state index contributed by atoms with van der Waals surface area (Å²) < 4.78 is 0. The first-order chi connectivity index (χ1) is 7.56. The van der Waals surface area contributed by atoms with Gasteiger partial charge in [0.25, 0.3) is 5.91 Å². The van der Waals surface area contributed by atoms with Crippen LogP contribution in [-0.2, 0) is 0 Å². The molecule has 16 heavy (non-hydrogen) atoms. The fraction of sp³-hybridized carbons (Fsp3) is 0.455. The number of hydrogen-bond donors (Lipinski definition) is 2. The second kappa shape index (κ2) is 4.03. The highest BCUT2D eigenvalue weighted by molar-refractivity contribution is 6.33. The van der Waals surface area contributed by atoms with Crippen LogP contribution in [0.15, 0.2) is 12.3 Å². The monoisotopic (exact) mass is 240 g/mol. The highest BCUT2D eigenvalue weighted by atomic mass is 35.5. The van der Waals surface area contributed by atoms with Crippen LogP contribution in [-0.4, -0.2) is 28.1 Å². The Balaban J connectivity index is 2.15. The number of rotatable bonds is 3. The molecule has 1 aromatic rings. The lowest BCUT2D eigenvalue weighted by molar-refractivity contribution is 0.0906. The largest absolute Gasteiger partial charge is 0.394 e. The fourth-order valence-corrected chi connectivity index (χ4v) is 1.77. The van der Waals surface area contributed by atoms with Gasteiger partial charge in [-0.1, -0.05) is 11.6 Å². The zero-order chi connectivity index (χ0) is 11.8. The van der Waals surface area contributed by atoms with E-state index in [-0.39, 0.29) is 12.5 Å². The topological polar surface area (TPSA) is 62.2 Å². The number of aliphatic hydroxyl groups is 1. The number of hydrogen-bond acceptors (Lipinski definition) is 3. The van der Waals surface area contributed by atoms with Gasteiger partial charge in [-0.15, -0.1) is 0 Å². The van der Waals surface area contributed by atoms with Gasteiger partial charge in [0.05, 0.1) is 22.7 Å². The zero-order valence-corrected chi connectivity index (χ0v) is 9.71. The molecule has 0 radical (unpaired) electrons. The molecule has 0 aromatic carbocycles. The standard InChI is InChI=1S/C11H13ClN2O2/c1-7-4-9(12)8(5-13-7)10(16)14-11(6-15)2-3-11/h4-5,15H,2-3,6H2,1H3,(H,14,16). The van der Waals surface area contributed by atoms with E-state index in [1.807, 2.05) is 6.92 Å². The Labute approximate surface area is 98.6 Å². The van der Waals surface area contributed by atoms with Crippen LogP contribution in [0.1, 0.15) is 28.9 Å². The number of aryl methyl sites for hydroxylation is 1. The lowest BCUT2D eigenvalue weighted by atomic mass is 10.2. The fourth-order valence-electron chi connectivity index (χ4n) is 1.48. The normalized spacial score (nSPS) is 16.9. The summed E-state index contributed by atoms with van der Waals surface area (Å²) in [5.74, 6) is -0.274. The predicted molar refractivity (Wildman–Crippen MR) is 60.5 cm³/mol. The molecular formula is C11H13ClN2O2. The predicted octanol–water partition coefficient (Wildman–Crippen LogP) is 1.30. The molecule has 1 aliphatic carbocycles. The summed E-state index contributed by atoms with van der Waals surface area (Å²) in [7, 11) is 0. The number of halogens is 1. The van der Waals surface area contributed by atoms with E-state index in [0.29, 0.717) is 10.6 Å². The minimum atomic E-state index is -0.425. The molecule has 2 rings (SSSR count). The smallest absolute Gasteiger partial charge is 0.254 e. The van der Waals surface area contributed by atoms with Crippen molar-refractivity contribution in [1.82, 2.24) is 10.3 Å². The Kier molecular flexibility index (Phi) is 2.86. The number of amides is 1. The van der Waals surface area contributed by atoms with E-state index in [1.54, 1.807) is 6.07 Å². The molecule has 1 amide bonds. The number of carbonyl (C=O) groups is 1. The van der Waals surface area contributed by atoms with Gasteiger partial charge in [0.15, 0.2) is 0 Å². The van der Waals surface area contributed by atoms with Gasteiger partial charge in [-0.05, 0) is 25.8 Å². The number of aliphatic hydroxyl groups excluding tert-OH is 1. The maximum Gasteiger partial charge on any atom is 0.254 e. The Morgan fingerprint density at radius 3 is 2.88 bits per heavy atom. The van der Waals surface area contributed by atoms with E-state index >= 15 is 0 Å². The van der Waals surface area contributed by atoms with Crippen LogP contribution in [0.5, 0.6) is 0 Å². The van der Waals surface area contributed by atoms with E-state index in [9.17, 15) is 4.79 Å². The summed E-state index contributed by atoms with van der Waals surface area (Å²) >= 11 is 5.95. The van der Waals surface area contributed by atoms with Gasteiger partial charge >= 0.3 is 0 Å². The Bertz CT molecular complexity index is 430. The van der Waals surface area contributed by atoms with Crippen LogP contribution in [0, 0.1) is 6.92 Å². The summed E-state index contributed by atoms with van der Waals surface area (Å²) in [5, 5.41) is 12.3. The van der Waals surface area contributed by atoms with Gasteiger partial charge in [0, 0.05) is 11.9 Å². The van der Waals surface area contributed by atoms with Crippen molar-refractivity contribution in [3.8, 4) is 0 Å². The number of aromatic nitrogens is 1. The van der Waals surface area contributed by atoms with E-state index in [0.717, 1.165) is 18.5 Å². The summed E-state index contributed by atoms with van der Waals surface area (Å²) in [6, 6.07) is 1.65. The molecule has 1 aromatic heterocycles. The molecule has 86 valence electrons. The van der Waals surface area contributed by atoms with Crippen LogP contribution in [0.2, 0.25) is 5.02 Å². The van der Waals surface area contributed by atoms with E-state index in [4.69, 9.17) is 16.7 Å². The second-order valence-corrected chi connectivity index (χ2v) is 4.61. The molecule has 5 heteroatoms. The summed E-state index contributed by atoms with van der Waals surface area (Å²) in [4.78, 5) is 15.9. The first kappa shape index (κ1) is 11.4. The van der Waals surface area contributed by atoms with Crippen molar-refractivity contribution < 1.29 is 9.90 Å². The number of pyridine rings is 1. The minimum Gasteiger partial charge on any atom is -0.394 e. The van der Waals surface area contributed by atoms with Gasteiger partial charge in [-0.3, -0.25) is 9.78 Å². The molecule has 0 unspecified atom stereocenters. The van der Waals surface area contributed by atoms with Gasteiger partial charge < -0.3 is 10.4 Å². The number of nitrogens with one attached hydrogen (secondary N) is 1. The van der Waals surface area contributed by atoms with Gasteiger partial charge in [0.2, 0.25) is 0 Å². The average Bonchev–Trinajstić information content (AvgIpc) is 2.98. The molecule has 0 atom stereocenters. The summed E-state index contributed by atoms with van der Waals surface area (Å²) in [6.45, 7) is 1.78. The first-order valence-corrected chi connectivity index (χ1v) is 5.50. The third-order valence-corrected chi connectivity index (χ3v) is 3.08. The van der Waals surface area contributed by atoms with E-state index in [2.05, 4.69) is 10.3 Å². The van der Waals surface area contributed by atoms with Gasteiger partial charge in [-0.25, -0.2) is 0 Å². The molecule has 0 bridgehead atoms. The lowest BCUT2D eigenvalue weighted by Gasteiger charge is -2.14. The van der Waals surface area contributed by atoms with Crippen LogP contribution in [0.25, 0.3) is 0 Å². The minimum absolute atomic E-state index is 0.0321. The molecule has 1 fully saturated rings. The molecule has 1 heterocycles. The molecule has 0 spiro atoms. The maximum absolute atomic E-state index is 11.8. The van der Waals surface area contributed by atoms with Crippen molar-refractivity contribution in [2.24, 2.45) is 0 Å². The third kappa shape index (κ3) is 2.18.